The molecule has 0 radical (unpaired) electrons. The number of halogens is 1. The van der Waals surface area contributed by atoms with Gasteiger partial charge in [-0.25, -0.2) is 0 Å². The van der Waals surface area contributed by atoms with Crippen LogP contribution in [0.15, 0.2) is 71.2 Å². The van der Waals surface area contributed by atoms with Crippen LogP contribution in [0.4, 0.5) is 0 Å². The Bertz CT molecular complexity index is 1180. The number of aliphatic carboxylic acids is 1. The Labute approximate surface area is 187 Å². The van der Waals surface area contributed by atoms with E-state index in [1.807, 2.05) is 42.5 Å². The van der Waals surface area contributed by atoms with Crippen LogP contribution in [-0.2, 0) is 11.3 Å². The number of rotatable bonds is 4. The number of fused-ring (bicyclic) bond motifs is 2. The maximum Gasteiger partial charge on any atom is 0.313 e. The van der Waals surface area contributed by atoms with Gasteiger partial charge in [0.15, 0.2) is 11.5 Å². The Hall–Kier alpha value is -3.32. The molecule has 2 atom stereocenters. The Morgan fingerprint density at radius 1 is 1.03 bits per heavy atom. The van der Waals surface area contributed by atoms with Crippen molar-refractivity contribution in [2.24, 2.45) is 0 Å². The quantitative estimate of drug-likeness (QED) is 0.584. The molecular formula is C24H18BrNO5. The second-order valence-corrected chi connectivity index (χ2v) is 8.44. The zero-order valence-electron chi connectivity index (χ0n) is 16.3. The third kappa shape index (κ3) is 3.45. The molecule has 0 saturated carbocycles. The zero-order chi connectivity index (χ0) is 21.5. The molecule has 0 aliphatic carbocycles. The van der Waals surface area contributed by atoms with E-state index in [0.717, 1.165) is 15.6 Å². The van der Waals surface area contributed by atoms with Gasteiger partial charge in [-0.3, -0.25) is 9.59 Å². The van der Waals surface area contributed by atoms with Gasteiger partial charge in [-0.1, -0.05) is 52.3 Å². The number of carboxylic acids is 1. The molecule has 7 heteroatoms. The Kier molecular flexibility index (Phi) is 4.90. The van der Waals surface area contributed by atoms with E-state index in [1.165, 1.54) is 0 Å². The monoisotopic (exact) mass is 479 g/mol. The lowest BCUT2D eigenvalue weighted by Crippen LogP contribution is -2.44. The molecule has 0 saturated heterocycles. The third-order valence-electron chi connectivity index (χ3n) is 5.71. The molecule has 5 rings (SSSR count). The summed E-state index contributed by atoms with van der Waals surface area (Å²) in [7, 11) is 0. The summed E-state index contributed by atoms with van der Waals surface area (Å²) in [6.07, 6.45) is 0. The highest BCUT2D eigenvalue weighted by molar-refractivity contribution is 9.10. The average molecular weight is 480 g/mol. The van der Waals surface area contributed by atoms with Crippen molar-refractivity contribution in [2.45, 2.75) is 18.5 Å². The number of ether oxygens (including phenoxy) is 2. The molecule has 1 amide bonds. The topological polar surface area (TPSA) is 76.1 Å². The average Bonchev–Trinajstić information content (AvgIpc) is 3.24. The lowest BCUT2D eigenvalue weighted by Gasteiger charge is -2.41. The van der Waals surface area contributed by atoms with Gasteiger partial charge in [-0.15, -0.1) is 0 Å². The molecule has 3 aromatic rings. The maximum atomic E-state index is 13.5. The van der Waals surface area contributed by atoms with Gasteiger partial charge in [-0.2, -0.15) is 0 Å². The fraction of sp³-hybridized carbons (Fsp3) is 0.167. The Morgan fingerprint density at radius 3 is 2.55 bits per heavy atom. The number of hydrogen-bond donors (Lipinski definition) is 1. The Balaban J connectivity index is 1.63. The summed E-state index contributed by atoms with van der Waals surface area (Å²) in [5.41, 5.74) is 2.56. The number of benzene rings is 3. The van der Waals surface area contributed by atoms with Gasteiger partial charge in [0, 0.05) is 16.6 Å². The fourth-order valence-corrected chi connectivity index (χ4v) is 4.56. The molecule has 6 nitrogen and oxygen atoms in total. The van der Waals surface area contributed by atoms with E-state index in [9.17, 15) is 14.7 Å². The second-order valence-electron chi connectivity index (χ2n) is 7.52. The predicted octanol–water partition coefficient (Wildman–Crippen LogP) is 4.74. The van der Waals surface area contributed by atoms with Crippen LogP contribution in [0.25, 0.3) is 0 Å². The minimum absolute atomic E-state index is 0.164. The van der Waals surface area contributed by atoms with Crippen molar-refractivity contribution in [2.75, 3.05) is 6.79 Å². The number of nitrogens with zero attached hydrogens (tertiary/aromatic N) is 1. The van der Waals surface area contributed by atoms with E-state index in [0.29, 0.717) is 22.6 Å². The molecule has 2 aliphatic rings. The number of amides is 1. The van der Waals surface area contributed by atoms with E-state index >= 15 is 0 Å². The van der Waals surface area contributed by atoms with Crippen LogP contribution in [0.3, 0.4) is 0 Å². The number of carbonyl (C=O) groups excluding carboxylic acids is 1. The third-order valence-corrected chi connectivity index (χ3v) is 6.23. The summed E-state index contributed by atoms with van der Waals surface area (Å²) in [5, 5.41) is 10.2. The first-order valence-corrected chi connectivity index (χ1v) is 10.6. The van der Waals surface area contributed by atoms with Gasteiger partial charge in [-0.05, 0) is 47.0 Å². The smallest absolute Gasteiger partial charge is 0.313 e. The lowest BCUT2D eigenvalue weighted by molar-refractivity contribution is -0.140. The van der Waals surface area contributed by atoms with E-state index < -0.39 is 17.9 Å². The van der Waals surface area contributed by atoms with Crippen LogP contribution in [0.2, 0.25) is 0 Å². The molecule has 0 bridgehead atoms. The summed E-state index contributed by atoms with van der Waals surface area (Å²) in [4.78, 5) is 27.6. The molecule has 2 heterocycles. The highest BCUT2D eigenvalue weighted by Crippen LogP contribution is 2.44. The molecule has 2 aliphatic heterocycles. The highest BCUT2D eigenvalue weighted by Gasteiger charge is 2.44. The minimum Gasteiger partial charge on any atom is -0.481 e. The van der Waals surface area contributed by atoms with Crippen molar-refractivity contribution in [1.29, 1.82) is 0 Å². The molecular weight excluding hydrogens is 462 g/mol. The van der Waals surface area contributed by atoms with Gasteiger partial charge in [0.05, 0.1) is 6.04 Å². The lowest BCUT2D eigenvalue weighted by atomic mass is 9.79. The molecule has 156 valence electrons. The van der Waals surface area contributed by atoms with Crippen molar-refractivity contribution < 1.29 is 24.2 Å². The largest absolute Gasteiger partial charge is 0.481 e. The zero-order valence-corrected chi connectivity index (χ0v) is 17.9. The summed E-state index contributed by atoms with van der Waals surface area (Å²) >= 11 is 3.43. The number of hydrogen-bond acceptors (Lipinski definition) is 4. The van der Waals surface area contributed by atoms with Crippen molar-refractivity contribution >= 4 is 27.8 Å². The molecule has 0 fully saturated rings. The van der Waals surface area contributed by atoms with E-state index in [4.69, 9.17) is 9.47 Å². The van der Waals surface area contributed by atoms with E-state index in [1.54, 1.807) is 29.2 Å². The standard InChI is InChI=1S/C24H18BrNO5/c25-16-8-6-15(7-9-16)22-21(24(28)29)17-3-1-2-4-18(17)23(27)26(22)12-14-5-10-19-20(11-14)31-13-30-19/h1-11,21-22H,12-13H2,(H,28,29). The number of carboxylic acid groups (broad SMARTS) is 1. The SMILES string of the molecule is O=C(O)C1c2ccccc2C(=O)N(Cc2ccc3c(c2)OCO3)C1c1ccc(Br)cc1. The molecule has 3 aromatic carbocycles. The van der Waals surface area contributed by atoms with Gasteiger partial charge < -0.3 is 19.5 Å². The second kappa shape index (κ2) is 7.74. The first kappa shape index (κ1) is 19.6. The van der Waals surface area contributed by atoms with Crippen molar-refractivity contribution in [3.8, 4) is 11.5 Å². The van der Waals surface area contributed by atoms with Crippen LogP contribution >= 0.6 is 15.9 Å². The van der Waals surface area contributed by atoms with Crippen LogP contribution in [0.1, 0.15) is 39.0 Å². The predicted molar refractivity (Wildman–Crippen MR) is 116 cm³/mol. The summed E-state index contributed by atoms with van der Waals surface area (Å²) in [6.45, 7) is 0.408. The van der Waals surface area contributed by atoms with E-state index in [2.05, 4.69) is 15.9 Å². The van der Waals surface area contributed by atoms with Gasteiger partial charge in [0.2, 0.25) is 6.79 Å². The van der Waals surface area contributed by atoms with E-state index in [-0.39, 0.29) is 19.2 Å². The highest BCUT2D eigenvalue weighted by atomic mass is 79.9. The summed E-state index contributed by atoms with van der Waals surface area (Å²) in [6, 6.07) is 19.3. The molecule has 2 unspecified atom stereocenters. The first-order valence-electron chi connectivity index (χ1n) is 9.79. The molecule has 0 aromatic heterocycles. The molecule has 0 spiro atoms. The van der Waals surface area contributed by atoms with Crippen molar-refractivity contribution in [1.82, 2.24) is 4.90 Å². The first-order chi connectivity index (χ1) is 15.0. The van der Waals surface area contributed by atoms with Crippen LogP contribution < -0.4 is 9.47 Å². The van der Waals surface area contributed by atoms with Crippen molar-refractivity contribution in [3.05, 3.63) is 93.5 Å². The van der Waals surface area contributed by atoms with Crippen molar-refractivity contribution in [3.63, 3.8) is 0 Å². The number of carbonyl (C=O) groups is 2. The van der Waals surface area contributed by atoms with Crippen LogP contribution in [0, 0.1) is 0 Å². The minimum atomic E-state index is -0.969. The molecule has 31 heavy (non-hydrogen) atoms. The summed E-state index contributed by atoms with van der Waals surface area (Å²) < 4.78 is 11.7. The Morgan fingerprint density at radius 2 is 1.77 bits per heavy atom. The van der Waals surface area contributed by atoms with Gasteiger partial charge >= 0.3 is 5.97 Å². The summed E-state index contributed by atoms with van der Waals surface area (Å²) in [5.74, 6) is -0.768. The van der Waals surface area contributed by atoms with Gasteiger partial charge in [0.1, 0.15) is 5.92 Å². The fourth-order valence-electron chi connectivity index (χ4n) is 4.30. The van der Waals surface area contributed by atoms with Gasteiger partial charge in [0.25, 0.3) is 5.91 Å². The van der Waals surface area contributed by atoms with Crippen LogP contribution in [0.5, 0.6) is 11.5 Å². The normalized spacial score (nSPS) is 19.3. The molecule has 1 N–H and O–H groups in total. The van der Waals surface area contributed by atoms with Crippen LogP contribution in [-0.4, -0.2) is 28.7 Å². The maximum absolute atomic E-state index is 13.5.